The molecule has 0 saturated carbocycles. The Kier molecular flexibility index (Phi) is 3.05. The molecule has 0 spiro atoms. The number of nitrogen functional groups attached to an aromatic ring is 1. The molecule has 4 N–H and O–H groups in total. The molecule has 0 bridgehead atoms. The number of nitrogens with two attached hydrogens (primary N) is 1. The monoisotopic (exact) mass is 255 g/mol. The van der Waals surface area contributed by atoms with E-state index in [0.29, 0.717) is 5.82 Å². The molecule has 0 fully saturated rings. The van der Waals surface area contributed by atoms with Gasteiger partial charge in [0.1, 0.15) is 18.0 Å². The van der Waals surface area contributed by atoms with E-state index in [1.807, 2.05) is 6.92 Å². The molecule has 98 valence electrons. The van der Waals surface area contributed by atoms with E-state index in [2.05, 4.69) is 38.9 Å². The maximum atomic E-state index is 5.42. The van der Waals surface area contributed by atoms with E-state index in [0.717, 1.165) is 17.1 Å². The molecule has 5 nitrogen and oxygen atoms in total. The lowest BCUT2D eigenvalue weighted by molar-refractivity contribution is 0.912. The Morgan fingerprint density at radius 1 is 1.11 bits per heavy atom. The van der Waals surface area contributed by atoms with E-state index in [-0.39, 0.29) is 0 Å². The van der Waals surface area contributed by atoms with E-state index in [1.165, 1.54) is 36.7 Å². The molecule has 5 heteroatoms. The number of hydrazine groups is 1. The number of rotatable bonds is 3. The molecule has 1 heterocycles. The number of hydrogen-bond donors (Lipinski definition) is 3. The van der Waals surface area contributed by atoms with Gasteiger partial charge in [-0.1, -0.05) is 6.07 Å². The zero-order chi connectivity index (χ0) is 13.2. The Labute approximate surface area is 112 Å². The summed E-state index contributed by atoms with van der Waals surface area (Å²) in [5.74, 6) is 6.83. The van der Waals surface area contributed by atoms with Crippen molar-refractivity contribution in [3.63, 3.8) is 0 Å². The van der Waals surface area contributed by atoms with E-state index in [4.69, 9.17) is 5.84 Å². The highest BCUT2D eigenvalue weighted by Gasteiger charge is 2.12. The quantitative estimate of drug-likeness (QED) is 0.579. The van der Waals surface area contributed by atoms with Crippen molar-refractivity contribution in [3.05, 3.63) is 41.2 Å². The Bertz CT molecular complexity index is 609. The summed E-state index contributed by atoms with van der Waals surface area (Å²) in [6.45, 7) is 1.94. The first-order valence-corrected chi connectivity index (χ1v) is 6.45. The molecule has 1 aliphatic carbocycles. The van der Waals surface area contributed by atoms with Crippen LogP contribution >= 0.6 is 0 Å². The predicted octanol–water partition coefficient (Wildman–Crippen LogP) is 2.30. The molecule has 0 unspecified atom stereocenters. The van der Waals surface area contributed by atoms with Gasteiger partial charge in [0.25, 0.3) is 0 Å². The number of nitrogens with one attached hydrogen (secondary N) is 2. The first-order valence-electron chi connectivity index (χ1n) is 6.45. The highest BCUT2D eigenvalue weighted by Crippen LogP contribution is 2.27. The number of nitrogens with zero attached hydrogens (tertiary/aromatic N) is 2. The zero-order valence-electron chi connectivity index (χ0n) is 10.9. The van der Waals surface area contributed by atoms with Crippen molar-refractivity contribution in [3.8, 4) is 0 Å². The maximum absolute atomic E-state index is 5.42. The Morgan fingerprint density at radius 2 is 1.89 bits per heavy atom. The first kappa shape index (κ1) is 11.9. The van der Waals surface area contributed by atoms with E-state index >= 15 is 0 Å². The molecule has 1 aliphatic rings. The predicted molar refractivity (Wildman–Crippen MR) is 76.3 cm³/mol. The molecule has 0 aliphatic heterocycles. The molecule has 2 aromatic rings. The minimum Gasteiger partial charge on any atom is -0.340 e. The van der Waals surface area contributed by atoms with Crippen molar-refractivity contribution in [1.82, 2.24) is 9.97 Å². The minimum atomic E-state index is 0.638. The average molecular weight is 255 g/mol. The number of aromatic nitrogens is 2. The van der Waals surface area contributed by atoms with Gasteiger partial charge in [0.15, 0.2) is 0 Å². The summed E-state index contributed by atoms with van der Waals surface area (Å²) in [5, 5.41) is 3.33. The van der Waals surface area contributed by atoms with Crippen LogP contribution in [0.25, 0.3) is 0 Å². The lowest BCUT2D eigenvalue weighted by Crippen LogP contribution is -2.11. The number of anilines is 3. The summed E-state index contributed by atoms with van der Waals surface area (Å²) in [4.78, 5) is 8.33. The lowest BCUT2D eigenvalue weighted by Gasteiger charge is -2.11. The highest BCUT2D eigenvalue weighted by molar-refractivity contribution is 5.65. The van der Waals surface area contributed by atoms with Gasteiger partial charge in [-0.15, -0.1) is 0 Å². The van der Waals surface area contributed by atoms with Crippen molar-refractivity contribution < 1.29 is 0 Å². The van der Waals surface area contributed by atoms with Crippen LogP contribution < -0.4 is 16.6 Å². The van der Waals surface area contributed by atoms with Crippen LogP contribution in [-0.2, 0) is 12.8 Å². The summed E-state index contributed by atoms with van der Waals surface area (Å²) in [5.41, 5.74) is 7.45. The number of aryl methyl sites for hydroxylation is 2. The topological polar surface area (TPSA) is 75.9 Å². The number of hydrogen-bond acceptors (Lipinski definition) is 5. The molecule has 19 heavy (non-hydrogen) atoms. The fourth-order valence-electron chi connectivity index (χ4n) is 2.51. The van der Waals surface area contributed by atoms with Crippen LogP contribution in [-0.4, -0.2) is 9.97 Å². The van der Waals surface area contributed by atoms with E-state index < -0.39 is 0 Å². The number of benzene rings is 1. The molecule has 0 amide bonds. The van der Waals surface area contributed by atoms with Gasteiger partial charge >= 0.3 is 0 Å². The van der Waals surface area contributed by atoms with Gasteiger partial charge in [-0.2, -0.15) is 0 Å². The van der Waals surface area contributed by atoms with Gasteiger partial charge in [0.05, 0.1) is 0 Å². The molecule has 1 aromatic heterocycles. The Hall–Kier alpha value is -2.14. The summed E-state index contributed by atoms with van der Waals surface area (Å²) in [6, 6.07) is 6.50. The second-order valence-electron chi connectivity index (χ2n) is 4.80. The standard InChI is InChI=1S/C14H17N5/c1-9-13(16-8-17-14(9)19-15)18-12-6-5-10-3-2-4-11(10)7-12/h5-8H,2-4,15H2,1H3,(H2,16,17,18,19). The fraction of sp³-hybridized carbons (Fsp3) is 0.286. The largest absolute Gasteiger partial charge is 0.340 e. The molecule has 3 rings (SSSR count). The number of fused-ring (bicyclic) bond motifs is 1. The third-order valence-corrected chi connectivity index (χ3v) is 3.58. The van der Waals surface area contributed by atoms with Crippen LogP contribution in [0.2, 0.25) is 0 Å². The van der Waals surface area contributed by atoms with Crippen molar-refractivity contribution >= 4 is 17.3 Å². The highest BCUT2D eigenvalue weighted by atomic mass is 15.3. The lowest BCUT2D eigenvalue weighted by atomic mass is 10.1. The van der Waals surface area contributed by atoms with Crippen LogP contribution in [0.4, 0.5) is 17.3 Å². The molecule has 1 aromatic carbocycles. The Morgan fingerprint density at radius 3 is 2.74 bits per heavy atom. The van der Waals surface area contributed by atoms with Gasteiger partial charge in [0.2, 0.25) is 0 Å². The second kappa shape index (κ2) is 4.85. The second-order valence-corrected chi connectivity index (χ2v) is 4.80. The van der Waals surface area contributed by atoms with Crippen molar-refractivity contribution in [2.75, 3.05) is 10.7 Å². The van der Waals surface area contributed by atoms with Crippen LogP contribution in [0.3, 0.4) is 0 Å². The first-order chi connectivity index (χ1) is 9.28. The van der Waals surface area contributed by atoms with Gasteiger partial charge < -0.3 is 10.7 Å². The molecular formula is C14H17N5. The summed E-state index contributed by atoms with van der Waals surface area (Å²) >= 11 is 0. The minimum absolute atomic E-state index is 0.638. The average Bonchev–Trinajstić information content (AvgIpc) is 2.88. The van der Waals surface area contributed by atoms with Crippen molar-refractivity contribution in [2.24, 2.45) is 5.84 Å². The Balaban J connectivity index is 1.89. The summed E-state index contributed by atoms with van der Waals surface area (Å²) < 4.78 is 0. The smallest absolute Gasteiger partial charge is 0.148 e. The maximum Gasteiger partial charge on any atom is 0.148 e. The normalized spacial score (nSPS) is 13.2. The fourth-order valence-corrected chi connectivity index (χ4v) is 2.51. The summed E-state index contributed by atoms with van der Waals surface area (Å²) in [6.07, 6.45) is 5.12. The van der Waals surface area contributed by atoms with Gasteiger partial charge in [-0.3, -0.25) is 0 Å². The molecule has 0 radical (unpaired) electrons. The SMILES string of the molecule is Cc1c(NN)ncnc1Nc1ccc2c(c1)CCC2. The van der Waals surface area contributed by atoms with Crippen LogP contribution in [0, 0.1) is 6.92 Å². The van der Waals surface area contributed by atoms with E-state index in [1.54, 1.807) is 0 Å². The molecular weight excluding hydrogens is 238 g/mol. The third kappa shape index (κ3) is 2.24. The van der Waals surface area contributed by atoms with Crippen LogP contribution in [0.5, 0.6) is 0 Å². The zero-order valence-corrected chi connectivity index (χ0v) is 10.9. The van der Waals surface area contributed by atoms with Crippen molar-refractivity contribution in [1.29, 1.82) is 0 Å². The van der Waals surface area contributed by atoms with Crippen molar-refractivity contribution in [2.45, 2.75) is 26.2 Å². The van der Waals surface area contributed by atoms with Gasteiger partial charge in [0, 0.05) is 11.3 Å². The van der Waals surface area contributed by atoms with Crippen LogP contribution in [0.15, 0.2) is 24.5 Å². The van der Waals surface area contributed by atoms with Gasteiger partial charge in [-0.05, 0) is 49.4 Å². The summed E-state index contributed by atoms with van der Waals surface area (Å²) in [7, 11) is 0. The third-order valence-electron chi connectivity index (χ3n) is 3.58. The molecule has 0 saturated heterocycles. The molecule has 0 atom stereocenters. The van der Waals surface area contributed by atoms with Crippen LogP contribution in [0.1, 0.15) is 23.1 Å². The van der Waals surface area contributed by atoms with Gasteiger partial charge in [-0.25, -0.2) is 15.8 Å². The van der Waals surface area contributed by atoms with E-state index in [9.17, 15) is 0 Å².